The maximum atomic E-state index is 12.4. The fourth-order valence-corrected chi connectivity index (χ4v) is 3.60. The van der Waals surface area contributed by atoms with E-state index in [4.69, 9.17) is 16.3 Å². The van der Waals surface area contributed by atoms with Crippen LogP contribution in [0.5, 0.6) is 0 Å². The van der Waals surface area contributed by atoms with Gasteiger partial charge in [0.15, 0.2) is 0 Å². The van der Waals surface area contributed by atoms with Crippen LogP contribution >= 0.6 is 11.6 Å². The van der Waals surface area contributed by atoms with Gasteiger partial charge in [-0.25, -0.2) is 4.79 Å². The molecular formula is C18H20ClNO4S. The monoisotopic (exact) mass is 381 g/mol. The highest BCUT2D eigenvalue weighted by Gasteiger charge is 2.24. The molecule has 0 aromatic heterocycles. The molecule has 25 heavy (non-hydrogen) atoms. The van der Waals surface area contributed by atoms with Crippen molar-refractivity contribution < 1.29 is 18.8 Å². The van der Waals surface area contributed by atoms with Gasteiger partial charge in [-0.3, -0.25) is 4.21 Å². The van der Waals surface area contributed by atoms with E-state index in [-0.39, 0.29) is 18.2 Å². The van der Waals surface area contributed by atoms with Crippen molar-refractivity contribution in [3.8, 4) is 0 Å². The Morgan fingerprint density at radius 3 is 2.32 bits per heavy atom. The first-order valence-electron chi connectivity index (χ1n) is 7.75. The molecule has 0 aliphatic heterocycles. The normalized spacial score (nSPS) is 14.3. The number of benzene rings is 2. The second kappa shape index (κ2) is 10.2. The van der Waals surface area contributed by atoms with Crippen LogP contribution in [0.2, 0.25) is 0 Å². The third-order valence-corrected chi connectivity index (χ3v) is 5.25. The second-order valence-electron chi connectivity index (χ2n) is 5.36. The van der Waals surface area contributed by atoms with Gasteiger partial charge in [-0.1, -0.05) is 48.5 Å². The molecule has 0 radical (unpaired) electrons. The van der Waals surface area contributed by atoms with Crippen molar-refractivity contribution in [1.82, 2.24) is 5.32 Å². The predicted molar refractivity (Wildman–Crippen MR) is 98.0 cm³/mol. The highest BCUT2D eigenvalue weighted by Crippen LogP contribution is 2.10. The SMILES string of the molecule is O=C(N[C@@H](CS(=O)c1ccccc1)[C@H](O)CCl)OCc1ccccc1. The van der Waals surface area contributed by atoms with E-state index in [2.05, 4.69) is 5.32 Å². The van der Waals surface area contributed by atoms with Gasteiger partial charge in [-0.05, 0) is 17.7 Å². The largest absolute Gasteiger partial charge is 0.445 e. The molecule has 1 amide bonds. The number of amides is 1. The van der Waals surface area contributed by atoms with Crippen molar-refractivity contribution in [3.63, 3.8) is 0 Å². The summed E-state index contributed by atoms with van der Waals surface area (Å²) in [5.41, 5.74) is 0.847. The lowest BCUT2D eigenvalue weighted by atomic mass is 10.2. The van der Waals surface area contributed by atoms with Gasteiger partial charge in [-0.2, -0.15) is 0 Å². The molecule has 0 saturated carbocycles. The lowest BCUT2D eigenvalue weighted by Crippen LogP contribution is -2.47. The van der Waals surface area contributed by atoms with E-state index in [1.54, 1.807) is 24.3 Å². The first kappa shape index (κ1) is 19.4. The van der Waals surface area contributed by atoms with E-state index in [9.17, 15) is 14.1 Å². The number of hydrogen-bond donors (Lipinski definition) is 2. The van der Waals surface area contributed by atoms with Crippen LogP contribution in [0.4, 0.5) is 4.79 Å². The highest BCUT2D eigenvalue weighted by atomic mass is 35.5. The summed E-state index contributed by atoms with van der Waals surface area (Å²) in [6.07, 6.45) is -1.72. The fraction of sp³-hybridized carbons (Fsp3) is 0.278. The maximum absolute atomic E-state index is 12.4. The number of carbonyl (C=O) groups excluding carboxylic acids is 1. The molecule has 0 spiro atoms. The lowest BCUT2D eigenvalue weighted by molar-refractivity contribution is 0.115. The molecule has 2 aromatic rings. The second-order valence-corrected chi connectivity index (χ2v) is 7.16. The number of alkyl halides is 1. The number of alkyl carbamates (subject to hydrolysis) is 1. The first-order valence-corrected chi connectivity index (χ1v) is 9.60. The number of halogens is 1. The van der Waals surface area contributed by atoms with Crippen molar-refractivity contribution in [2.45, 2.75) is 23.6 Å². The molecular weight excluding hydrogens is 362 g/mol. The van der Waals surface area contributed by atoms with Crippen LogP contribution in [0.1, 0.15) is 5.56 Å². The van der Waals surface area contributed by atoms with Crippen LogP contribution in [0.15, 0.2) is 65.6 Å². The fourth-order valence-electron chi connectivity index (χ4n) is 2.10. The molecule has 2 N–H and O–H groups in total. The molecule has 2 aromatic carbocycles. The number of rotatable bonds is 8. The molecule has 0 bridgehead atoms. The lowest BCUT2D eigenvalue weighted by Gasteiger charge is -2.22. The smallest absolute Gasteiger partial charge is 0.407 e. The minimum atomic E-state index is -1.38. The van der Waals surface area contributed by atoms with Crippen molar-refractivity contribution in [1.29, 1.82) is 0 Å². The molecule has 5 nitrogen and oxygen atoms in total. The Morgan fingerprint density at radius 1 is 1.12 bits per heavy atom. The number of hydrogen-bond acceptors (Lipinski definition) is 4. The van der Waals surface area contributed by atoms with Gasteiger partial charge >= 0.3 is 6.09 Å². The third kappa shape index (κ3) is 6.49. The zero-order valence-electron chi connectivity index (χ0n) is 13.5. The first-order chi connectivity index (χ1) is 12.1. The summed E-state index contributed by atoms with van der Waals surface area (Å²) in [6.45, 7) is 0.109. The van der Waals surface area contributed by atoms with Crippen molar-refractivity contribution >= 4 is 28.5 Å². The van der Waals surface area contributed by atoms with Crippen LogP contribution in [-0.2, 0) is 22.1 Å². The summed E-state index contributed by atoms with van der Waals surface area (Å²) in [6, 6.07) is 17.3. The van der Waals surface area contributed by atoms with Crippen LogP contribution in [0.3, 0.4) is 0 Å². The summed E-state index contributed by atoms with van der Waals surface area (Å²) >= 11 is 5.69. The summed E-state index contributed by atoms with van der Waals surface area (Å²) in [5, 5.41) is 12.6. The Balaban J connectivity index is 1.93. The van der Waals surface area contributed by atoms with Crippen LogP contribution in [0, 0.1) is 0 Å². The highest BCUT2D eigenvalue weighted by molar-refractivity contribution is 7.85. The Labute approximate surface area is 154 Å². The topological polar surface area (TPSA) is 75.6 Å². The zero-order valence-corrected chi connectivity index (χ0v) is 15.1. The van der Waals surface area contributed by atoms with Crippen LogP contribution in [0.25, 0.3) is 0 Å². The van der Waals surface area contributed by atoms with Gasteiger partial charge in [-0.15, -0.1) is 11.6 Å². The Kier molecular flexibility index (Phi) is 7.91. The molecule has 0 aliphatic carbocycles. The molecule has 0 aliphatic rings. The predicted octanol–water partition coefficient (Wildman–Crippen LogP) is 2.69. The van der Waals surface area contributed by atoms with Crippen molar-refractivity contribution in [2.24, 2.45) is 0 Å². The number of nitrogens with one attached hydrogen (secondary N) is 1. The number of carbonyl (C=O) groups is 1. The van der Waals surface area contributed by atoms with E-state index in [0.29, 0.717) is 4.90 Å². The van der Waals surface area contributed by atoms with Gasteiger partial charge in [0, 0.05) is 4.90 Å². The van der Waals surface area contributed by atoms with Gasteiger partial charge < -0.3 is 15.2 Å². The molecule has 134 valence electrons. The van der Waals surface area contributed by atoms with Gasteiger partial charge in [0.05, 0.1) is 34.6 Å². The zero-order chi connectivity index (χ0) is 18.1. The molecule has 7 heteroatoms. The Hall–Kier alpha value is -1.89. The number of aliphatic hydroxyl groups excluding tert-OH is 1. The van der Waals surface area contributed by atoms with Crippen LogP contribution < -0.4 is 5.32 Å². The maximum Gasteiger partial charge on any atom is 0.407 e. The third-order valence-electron chi connectivity index (χ3n) is 3.48. The quantitative estimate of drug-likeness (QED) is 0.689. The standard InChI is InChI=1S/C18H20ClNO4S/c19-11-17(21)16(13-25(23)15-9-5-2-6-10-15)20-18(22)24-12-14-7-3-1-4-8-14/h1-10,16-17,21H,11-13H2,(H,20,22)/t16-,17+,25?/m0/s1. The van der Waals surface area contributed by atoms with Gasteiger partial charge in [0.2, 0.25) is 0 Å². The van der Waals surface area contributed by atoms with E-state index in [1.165, 1.54) is 0 Å². The molecule has 0 saturated heterocycles. The van der Waals surface area contributed by atoms with Crippen LogP contribution in [-0.4, -0.2) is 39.2 Å². The minimum absolute atomic E-state index is 0.0400. The summed E-state index contributed by atoms with van der Waals surface area (Å²) in [7, 11) is -1.38. The molecule has 1 unspecified atom stereocenters. The average Bonchev–Trinajstić information content (AvgIpc) is 2.66. The summed E-state index contributed by atoms with van der Waals surface area (Å²) in [5.74, 6) is -0.0477. The minimum Gasteiger partial charge on any atom is -0.445 e. The van der Waals surface area contributed by atoms with Gasteiger partial charge in [0.1, 0.15) is 6.61 Å². The van der Waals surface area contributed by atoms with Gasteiger partial charge in [0.25, 0.3) is 0 Å². The summed E-state index contributed by atoms with van der Waals surface area (Å²) < 4.78 is 17.5. The van der Waals surface area contributed by atoms with E-state index < -0.39 is 29.0 Å². The average molecular weight is 382 g/mol. The Morgan fingerprint density at radius 2 is 1.72 bits per heavy atom. The van der Waals surface area contributed by atoms with E-state index >= 15 is 0 Å². The Bertz CT molecular complexity index is 684. The number of ether oxygens (including phenoxy) is 1. The van der Waals surface area contributed by atoms with E-state index in [1.807, 2.05) is 36.4 Å². The molecule has 0 heterocycles. The molecule has 0 fully saturated rings. The summed E-state index contributed by atoms with van der Waals surface area (Å²) in [4.78, 5) is 12.6. The molecule has 3 atom stereocenters. The number of aliphatic hydroxyl groups is 1. The van der Waals surface area contributed by atoms with Crippen molar-refractivity contribution in [2.75, 3.05) is 11.6 Å². The van der Waals surface area contributed by atoms with Crippen molar-refractivity contribution in [3.05, 3.63) is 66.2 Å². The molecule has 2 rings (SSSR count). The van der Waals surface area contributed by atoms with E-state index in [0.717, 1.165) is 5.56 Å².